The quantitative estimate of drug-likeness (QED) is 0.536. The monoisotopic (exact) mass is 224 g/mol. The summed E-state index contributed by atoms with van der Waals surface area (Å²) in [7, 11) is 0.647. The summed E-state index contributed by atoms with van der Waals surface area (Å²) in [5.41, 5.74) is 0. The third-order valence-corrected chi connectivity index (χ3v) is 3.84. The minimum absolute atomic E-state index is 0.365. The highest BCUT2D eigenvalue weighted by atomic mass is 28.3. The smallest absolute Gasteiger partial charge is 0.321 e. The Morgan fingerprint density at radius 3 is 2.21 bits per heavy atom. The summed E-state index contributed by atoms with van der Waals surface area (Å²) in [6, 6.07) is 1.20. The first-order valence-corrected chi connectivity index (χ1v) is 6.54. The topological polar surface area (TPSA) is 79.2 Å². The molecule has 1 aliphatic rings. The molecule has 1 fully saturated rings. The zero-order chi connectivity index (χ0) is 10.8. The fraction of sp³-hybridized carbons (Fsp3) is 1.00. The Bertz CT molecular complexity index is 114. The number of aliphatic hydroxyl groups is 3. The Hall–Kier alpha value is 0.0169. The SMILES string of the molecule is CO[SiH]1CCCCO1.OCC(O)CO. The van der Waals surface area contributed by atoms with E-state index in [4.69, 9.17) is 24.2 Å². The minimum Gasteiger partial charge on any atom is -0.400 e. The molecule has 1 rings (SSSR count). The lowest BCUT2D eigenvalue weighted by molar-refractivity contribution is 0.0450. The van der Waals surface area contributed by atoms with Crippen LogP contribution < -0.4 is 0 Å². The first-order valence-electron chi connectivity index (χ1n) is 4.78. The van der Waals surface area contributed by atoms with Crippen LogP contribution in [0, 0.1) is 0 Å². The maximum Gasteiger partial charge on any atom is 0.321 e. The highest BCUT2D eigenvalue weighted by Crippen LogP contribution is 2.09. The molecular formula is C8H20O5Si. The molecule has 3 N–H and O–H groups in total. The fourth-order valence-electron chi connectivity index (χ4n) is 0.955. The van der Waals surface area contributed by atoms with Gasteiger partial charge in [0.15, 0.2) is 0 Å². The second-order valence-electron chi connectivity index (χ2n) is 3.05. The van der Waals surface area contributed by atoms with Gasteiger partial charge in [0.25, 0.3) is 0 Å². The molecule has 0 aromatic rings. The van der Waals surface area contributed by atoms with E-state index in [-0.39, 0.29) is 13.2 Å². The molecular weight excluding hydrogens is 204 g/mol. The van der Waals surface area contributed by atoms with Crippen molar-refractivity contribution in [1.82, 2.24) is 0 Å². The van der Waals surface area contributed by atoms with Crippen LogP contribution in [0.5, 0.6) is 0 Å². The molecule has 0 aliphatic carbocycles. The van der Waals surface area contributed by atoms with Gasteiger partial charge in [-0.3, -0.25) is 0 Å². The Morgan fingerprint density at radius 2 is 2.00 bits per heavy atom. The number of hydrogen-bond donors (Lipinski definition) is 3. The van der Waals surface area contributed by atoms with Crippen molar-refractivity contribution in [1.29, 1.82) is 0 Å². The van der Waals surface area contributed by atoms with E-state index in [2.05, 4.69) is 0 Å². The van der Waals surface area contributed by atoms with Gasteiger partial charge < -0.3 is 24.2 Å². The molecule has 1 aliphatic heterocycles. The maximum atomic E-state index is 8.17. The molecule has 6 heteroatoms. The molecule has 0 saturated carbocycles. The Kier molecular flexibility index (Phi) is 9.58. The largest absolute Gasteiger partial charge is 0.400 e. The lowest BCUT2D eigenvalue weighted by atomic mass is 10.4. The molecule has 5 nitrogen and oxygen atoms in total. The summed E-state index contributed by atoms with van der Waals surface area (Å²) in [4.78, 5) is 0. The number of aliphatic hydroxyl groups excluding tert-OH is 3. The molecule has 0 amide bonds. The normalized spacial score (nSPS) is 21.6. The van der Waals surface area contributed by atoms with Gasteiger partial charge in [-0.1, -0.05) is 0 Å². The van der Waals surface area contributed by atoms with Crippen LogP contribution in [-0.4, -0.2) is 57.6 Å². The molecule has 14 heavy (non-hydrogen) atoms. The van der Waals surface area contributed by atoms with Crippen LogP contribution in [0.3, 0.4) is 0 Å². The second kappa shape index (κ2) is 9.57. The summed E-state index contributed by atoms with van der Waals surface area (Å²) >= 11 is 0. The van der Waals surface area contributed by atoms with Crippen molar-refractivity contribution in [2.75, 3.05) is 26.9 Å². The van der Waals surface area contributed by atoms with E-state index in [0.717, 1.165) is 6.61 Å². The standard InChI is InChI=1S/C5H12O2Si.C3H8O3/c1-6-8-5-3-2-4-7-8;4-1-3(6)2-5/h8H,2-5H2,1H3;3-6H,1-2H2. The Balaban J connectivity index is 0.000000255. The summed E-state index contributed by atoms with van der Waals surface area (Å²) in [5, 5.41) is 24.0. The first-order chi connectivity index (χ1) is 6.74. The van der Waals surface area contributed by atoms with E-state index in [9.17, 15) is 0 Å². The molecule has 86 valence electrons. The third-order valence-electron chi connectivity index (χ3n) is 1.82. The Morgan fingerprint density at radius 1 is 1.36 bits per heavy atom. The minimum atomic E-state index is -1.11. The van der Waals surface area contributed by atoms with E-state index in [1.54, 1.807) is 7.11 Å². The Labute approximate surface area is 86.1 Å². The lowest BCUT2D eigenvalue weighted by Gasteiger charge is -2.18. The van der Waals surface area contributed by atoms with Crippen LogP contribution in [0.15, 0.2) is 0 Å². The van der Waals surface area contributed by atoms with Crippen LogP contribution in [0.1, 0.15) is 12.8 Å². The molecule has 1 saturated heterocycles. The van der Waals surface area contributed by atoms with Crippen LogP contribution in [0.25, 0.3) is 0 Å². The van der Waals surface area contributed by atoms with E-state index in [1.165, 1.54) is 18.9 Å². The van der Waals surface area contributed by atoms with E-state index in [0.29, 0.717) is 0 Å². The van der Waals surface area contributed by atoms with Crippen molar-refractivity contribution in [2.24, 2.45) is 0 Å². The van der Waals surface area contributed by atoms with Gasteiger partial charge in [-0.15, -0.1) is 0 Å². The first kappa shape index (κ1) is 14.0. The van der Waals surface area contributed by atoms with Gasteiger partial charge in [0.05, 0.1) is 13.2 Å². The zero-order valence-electron chi connectivity index (χ0n) is 8.56. The van der Waals surface area contributed by atoms with Crippen LogP contribution in [0.4, 0.5) is 0 Å². The predicted molar refractivity (Wildman–Crippen MR) is 54.3 cm³/mol. The van der Waals surface area contributed by atoms with Crippen molar-refractivity contribution < 1.29 is 24.2 Å². The molecule has 0 aromatic carbocycles. The summed E-state index contributed by atoms with van der Waals surface area (Å²) < 4.78 is 10.5. The van der Waals surface area contributed by atoms with Crippen molar-refractivity contribution in [3.8, 4) is 0 Å². The van der Waals surface area contributed by atoms with Gasteiger partial charge >= 0.3 is 9.28 Å². The van der Waals surface area contributed by atoms with E-state index in [1.807, 2.05) is 0 Å². The van der Waals surface area contributed by atoms with E-state index < -0.39 is 15.4 Å². The lowest BCUT2D eigenvalue weighted by Crippen LogP contribution is -2.25. The fourth-order valence-corrected chi connectivity index (χ4v) is 2.54. The summed E-state index contributed by atoms with van der Waals surface area (Å²) in [5.74, 6) is 0. The van der Waals surface area contributed by atoms with Crippen molar-refractivity contribution in [2.45, 2.75) is 25.0 Å². The third kappa shape index (κ3) is 7.42. The molecule has 1 heterocycles. The molecule has 0 aromatic heterocycles. The molecule has 1 atom stereocenters. The van der Waals surface area contributed by atoms with Crippen LogP contribution in [-0.2, 0) is 8.85 Å². The van der Waals surface area contributed by atoms with Crippen LogP contribution >= 0.6 is 0 Å². The van der Waals surface area contributed by atoms with Gasteiger partial charge in [-0.2, -0.15) is 0 Å². The highest BCUT2D eigenvalue weighted by Gasteiger charge is 2.14. The maximum absolute atomic E-state index is 8.17. The molecule has 0 spiro atoms. The molecule has 0 bridgehead atoms. The van der Waals surface area contributed by atoms with Gasteiger partial charge in [-0.25, -0.2) is 0 Å². The molecule has 0 radical (unpaired) electrons. The average molecular weight is 224 g/mol. The molecule has 1 unspecified atom stereocenters. The summed E-state index contributed by atoms with van der Waals surface area (Å²) in [6.07, 6.45) is 1.59. The van der Waals surface area contributed by atoms with Crippen molar-refractivity contribution >= 4 is 9.28 Å². The predicted octanol–water partition coefficient (Wildman–Crippen LogP) is -1.00. The average Bonchev–Trinajstić information content (AvgIpc) is 2.30. The van der Waals surface area contributed by atoms with Gasteiger partial charge in [0, 0.05) is 13.7 Å². The van der Waals surface area contributed by atoms with Gasteiger partial charge in [0.2, 0.25) is 0 Å². The van der Waals surface area contributed by atoms with Gasteiger partial charge in [-0.05, 0) is 18.9 Å². The highest BCUT2D eigenvalue weighted by molar-refractivity contribution is 6.44. The zero-order valence-corrected chi connectivity index (χ0v) is 9.71. The van der Waals surface area contributed by atoms with Gasteiger partial charge in [0.1, 0.15) is 6.10 Å². The van der Waals surface area contributed by atoms with E-state index >= 15 is 0 Å². The second-order valence-corrected chi connectivity index (χ2v) is 5.29. The van der Waals surface area contributed by atoms with Crippen molar-refractivity contribution in [3.63, 3.8) is 0 Å². The number of rotatable bonds is 3. The van der Waals surface area contributed by atoms with Crippen LogP contribution in [0.2, 0.25) is 6.04 Å². The van der Waals surface area contributed by atoms with Crippen molar-refractivity contribution in [3.05, 3.63) is 0 Å². The summed E-state index contributed by atoms with van der Waals surface area (Å²) in [6.45, 7) is 0.206. The number of hydrogen-bond acceptors (Lipinski definition) is 5.